The molecule has 0 saturated carbocycles. The Hall–Kier alpha value is -1.57. The van der Waals surface area contributed by atoms with E-state index in [-0.39, 0.29) is 17.7 Å². The normalized spacial score (nSPS) is 12.2. The topological polar surface area (TPSA) is 69.0 Å². The van der Waals surface area contributed by atoms with Gasteiger partial charge in [-0.15, -0.1) is 10.2 Å². The lowest BCUT2D eigenvalue weighted by molar-refractivity contribution is -0.119. The molecule has 1 N–H and O–H groups in total. The molecule has 1 heterocycles. The number of hydrogen-bond donors (Lipinski definition) is 1. The van der Waals surface area contributed by atoms with Gasteiger partial charge < -0.3 is 14.6 Å². The van der Waals surface area contributed by atoms with Crippen molar-refractivity contribution in [3.05, 3.63) is 29.3 Å². The van der Waals surface area contributed by atoms with Crippen LogP contribution in [0.5, 0.6) is 0 Å². The molecular formula is C15H19ClN4O2S. The summed E-state index contributed by atoms with van der Waals surface area (Å²) in [5, 5.41) is 12.5. The number of benzene rings is 1. The van der Waals surface area contributed by atoms with Crippen LogP contribution in [-0.4, -0.2) is 46.2 Å². The van der Waals surface area contributed by atoms with Crippen molar-refractivity contribution in [3.63, 3.8) is 0 Å². The molecule has 1 aromatic carbocycles. The van der Waals surface area contributed by atoms with Crippen LogP contribution >= 0.6 is 23.4 Å². The van der Waals surface area contributed by atoms with Crippen molar-refractivity contribution in [1.29, 1.82) is 0 Å². The molecule has 1 aromatic heterocycles. The van der Waals surface area contributed by atoms with E-state index in [1.54, 1.807) is 7.11 Å². The number of amides is 1. The Morgan fingerprint density at radius 2 is 2.09 bits per heavy atom. The average Bonchev–Trinajstić information content (AvgIpc) is 2.87. The molecule has 1 amide bonds. The Morgan fingerprint density at radius 1 is 1.39 bits per heavy atom. The van der Waals surface area contributed by atoms with Crippen molar-refractivity contribution in [2.24, 2.45) is 7.05 Å². The molecule has 124 valence electrons. The van der Waals surface area contributed by atoms with Crippen molar-refractivity contribution in [3.8, 4) is 11.4 Å². The summed E-state index contributed by atoms with van der Waals surface area (Å²) in [5.41, 5.74) is 0.925. The lowest BCUT2D eigenvalue weighted by Crippen LogP contribution is -2.36. The smallest absolute Gasteiger partial charge is 0.230 e. The number of carbonyl (C=O) groups is 1. The summed E-state index contributed by atoms with van der Waals surface area (Å²) in [6.07, 6.45) is 0. The van der Waals surface area contributed by atoms with Crippen molar-refractivity contribution < 1.29 is 9.53 Å². The van der Waals surface area contributed by atoms with Crippen LogP contribution in [0, 0.1) is 0 Å². The van der Waals surface area contributed by atoms with E-state index in [9.17, 15) is 4.79 Å². The summed E-state index contributed by atoms with van der Waals surface area (Å²) in [7, 11) is 3.48. The second-order valence-corrected chi connectivity index (χ2v) is 6.46. The number of hydrogen-bond acceptors (Lipinski definition) is 5. The van der Waals surface area contributed by atoms with Gasteiger partial charge in [0.25, 0.3) is 0 Å². The molecular weight excluding hydrogens is 336 g/mol. The van der Waals surface area contributed by atoms with Gasteiger partial charge in [-0.05, 0) is 31.2 Å². The van der Waals surface area contributed by atoms with E-state index in [1.807, 2.05) is 42.8 Å². The third-order valence-corrected chi connectivity index (χ3v) is 4.37. The first-order valence-corrected chi connectivity index (χ1v) is 8.44. The van der Waals surface area contributed by atoms with E-state index in [1.165, 1.54) is 11.8 Å². The van der Waals surface area contributed by atoms with Crippen molar-refractivity contribution in [2.75, 3.05) is 19.5 Å². The van der Waals surface area contributed by atoms with Crippen LogP contribution in [0.2, 0.25) is 5.02 Å². The highest BCUT2D eigenvalue weighted by Crippen LogP contribution is 2.23. The maximum atomic E-state index is 11.9. The van der Waals surface area contributed by atoms with Gasteiger partial charge in [0.05, 0.1) is 12.4 Å². The number of carbonyl (C=O) groups excluding carboxylic acids is 1. The van der Waals surface area contributed by atoms with Crippen molar-refractivity contribution in [1.82, 2.24) is 20.1 Å². The van der Waals surface area contributed by atoms with Crippen LogP contribution in [0.15, 0.2) is 29.4 Å². The monoisotopic (exact) mass is 354 g/mol. The van der Waals surface area contributed by atoms with Gasteiger partial charge in [-0.2, -0.15) is 0 Å². The fourth-order valence-corrected chi connectivity index (χ4v) is 2.88. The predicted molar refractivity (Wildman–Crippen MR) is 91.7 cm³/mol. The predicted octanol–water partition coefficient (Wildman–Crippen LogP) is 2.38. The first kappa shape index (κ1) is 17.8. The van der Waals surface area contributed by atoms with Gasteiger partial charge in [-0.1, -0.05) is 23.4 Å². The Labute approximate surface area is 144 Å². The first-order valence-electron chi connectivity index (χ1n) is 7.07. The maximum absolute atomic E-state index is 11.9. The summed E-state index contributed by atoms with van der Waals surface area (Å²) in [6, 6.07) is 7.38. The van der Waals surface area contributed by atoms with Crippen molar-refractivity contribution in [2.45, 2.75) is 18.1 Å². The molecule has 2 rings (SSSR count). The summed E-state index contributed by atoms with van der Waals surface area (Å²) in [5.74, 6) is 0.952. The molecule has 0 bridgehead atoms. The molecule has 0 aliphatic heterocycles. The molecule has 23 heavy (non-hydrogen) atoms. The third kappa shape index (κ3) is 4.95. The first-order chi connectivity index (χ1) is 11.0. The quantitative estimate of drug-likeness (QED) is 0.773. The van der Waals surface area contributed by atoms with Gasteiger partial charge in [-0.3, -0.25) is 4.79 Å². The molecule has 1 atom stereocenters. The highest BCUT2D eigenvalue weighted by atomic mass is 35.5. The largest absolute Gasteiger partial charge is 0.383 e. The molecule has 8 heteroatoms. The van der Waals surface area contributed by atoms with Gasteiger partial charge >= 0.3 is 0 Å². The zero-order valence-corrected chi connectivity index (χ0v) is 14.8. The Bertz CT molecular complexity index is 660. The number of thioether (sulfide) groups is 1. The van der Waals surface area contributed by atoms with Gasteiger partial charge in [-0.25, -0.2) is 0 Å². The minimum absolute atomic E-state index is 0.0165. The molecule has 0 saturated heterocycles. The average molecular weight is 355 g/mol. The number of aromatic nitrogens is 3. The van der Waals surface area contributed by atoms with Gasteiger partial charge in [0, 0.05) is 30.8 Å². The second kappa shape index (κ2) is 8.33. The molecule has 0 fully saturated rings. The van der Waals surface area contributed by atoms with Gasteiger partial charge in [0.15, 0.2) is 11.0 Å². The summed E-state index contributed by atoms with van der Waals surface area (Å²) in [4.78, 5) is 11.9. The lowest BCUT2D eigenvalue weighted by Gasteiger charge is -2.12. The molecule has 6 nitrogen and oxygen atoms in total. The molecule has 0 radical (unpaired) electrons. The number of nitrogens with one attached hydrogen (secondary N) is 1. The van der Waals surface area contributed by atoms with Crippen molar-refractivity contribution >= 4 is 29.3 Å². The Kier molecular flexibility index (Phi) is 6.44. The SMILES string of the molecule is COC[C@@H](C)NC(=O)CSc1nnc(-c2ccc(Cl)cc2)n1C. The maximum Gasteiger partial charge on any atom is 0.230 e. The fraction of sp³-hybridized carbons (Fsp3) is 0.400. The Morgan fingerprint density at radius 3 is 2.74 bits per heavy atom. The third-order valence-electron chi connectivity index (χ3n) is 3.09. The van der Waals surface area contributed by atoms with Gasteiger partial charge in [0.1, 0.15) is 0 Å². The van der Waals surface area contributed by atoms with E-state index >= 15 is 0 Å². The standard InChI is InChI=1S/C15H19ClN4O2S/c1-10(8-22-3)17-13(21)9-23-15-19-18-14(20(15)2)11-4-6-12(16)7-5-11/h4-7,10H,8-9H2,1-3H3,(H,17,21)/t10-/m1/s1. The van der Waals surface area contributed by atoms with Crippen LogP contribution in [0.1, 0.15) is 6.92 Å². The minimum atomic E-state index is -0.0596. The minimum Gasteiger partial charge on any atom is -0.383 e. The highest BCUT2D eigenvalue weighted by molar-refractivity contribution is 7.99. The second-order valence-electron chi connectivity index (χ2n) is 5.08. The van der Waals surface area contributed by atoms with Crippen LogP contribution in [0.3, 0.4) is 0 Å². The highest BCUT2D eigenvalue weighted by Gasteiger charge is 2.13. The molecule has 0 aliphatic rings. The lowest BCUT2D eigenvalue weighted by atomic mass is 10.2. The van der Waals surface area contributed by atoms with E-state index in [0.717, 1.165) is 11.4 Å². The molecule has 0 spiro atoms. The molecule has 2 aromatic rings. The van der Waals surface area contributed by atoms with Gasteiger partial charge in [0.2, 0.25) is 5.91 Å². The number of halogens is 1. The molecule has 0 aliphatic carbocycles. The zero-order valence-electron chi connectivity index (χ0n) is 13.2. The number of methoxy groups -OCH3 is 1. The zero-order chi connectivity index (χ0) is 16.8. The number of nitrogens with zero attached hydrogens (tertiary/aromatic N) is 3. The summed E-state index contributed by atoms with van der Waals surface area (Å²) >= 11 is 7.24. The van der Waals surface area contributed by atoms with Crippen LogP contribution in [-0.2, 0) is 16.6 Å². The number of ether oxygens (including phenoxy) is 1. The van der Waals surface area contributed by atoms with Crippen LogP contribution in [0.25, 0.3) is 11.4 Å². The van der Waals surface area contributed by atoms with E-state index < -0.39 is 0 Å². The fourth-order valence-electron chi connectivity index (χ4n) is 2.03. The Balaban J connectivity index is 1.97. The van der Waals surface area contributed by atoms with E-state index in [2.05, 4.69) is 15.5 Å². The summed E-state index contributed by atoms with van der Waals surface area (Å²) < 4.78 is 6.85. The van der Waals surface area contributed by atoms with E-state index in [4.69, 9.17) is 16.3 Å². The molecule has 0 unspecified atom stereocenters. The summed E-state index contributed by atoms with van der Waals surface area (Å²) in [6.45, 7) is 2.38. The van der Waals surface area contributed by atoms with E-state index in [0.29, 0.717) is 16.8 Å². The number of rotatable bonds is 7. The van der Waals surface area contributed by atoms with Crippen LogP contribution < -0.4 is 5.32 Å². The van der Waals surface area contributed by atoms with Crippen LogP contribution in [0.4, 0.5) is 0 Å².